The van der Waals surface area contributed by atoms with Crippen molar-refractivity contribution in [3.8, 4) is 0 Å². The number of halogens is 2. The van der Waals surface area contributed by atoms with Crippen LogP contribution in [0.25, 0.3) is 0 Å². The van der Waals surface area contributed by atoms with Crippen molar-refractivity contribution in [3.05, 3.63) is 75.0 Å². The number of thioether (sulfide) groups is 1. The summed E-state index contributed by atoms with van der Waals surface area (Å²) in [7, 11) is 1.89. The second kappa shape index (κ2) is 8.99. The quantitative estimate of drug-likeness (QED) is 0.540. The molecule has 3 rings (SSSR count). The zero-order valence-electron chi connectivity index (χ0n) is 15.7. The van der Waals surface area contributed by atoms with Crippen molar-refractivity contribution in [1.82, 2.24) is 20.1 Å². The van der Waals surface area contributed by atoms with Crippen LogP contribution in [0.3, 0.4) is 0 Å². The molecule has 0 aliphatic heterocycles. The molecular formula is C20H20Cl2N4OS. The number of hydrogen-bond donors (Lipinski definition) is 1. The summed E-state index contributed by atoms with van der Waals surface area (Å²) >= 11 is 13.7. The van der Waals surface area contributed by atoms with E-state index >= 15 is 0 Å². The number of aryl methyl sites for hydroxylation is 1. The fraction of sp³-hybridized carbons (Fsp3) is 0.250. The fourth-order valence-electron chi connectivity index (χ4n) is 2.74. The van der Waals surface area contributed by atoms with Gasteiger partial charge in [-0.25, -0.2) is 0 Å². The maximum atomic E-state index is 12.5. The van der Waals surface area contributed by atoms with Crippen molar-refractivity contribution in [3.63, 3.8) is 0 Å². The van der Waals surface area contributed by atoms with Gasteiger partial charge in [0.05, 0.1) is 6.04 Å². The number of hydrogen-bond acceptors (Lipinski definition) is 4. The molecule has 1 aromatic heterocycles. The van der Waals surface area contributed by atoms with Crippen molar-refractivity contribution in [2.45, 2.75) is 30.8 Å². The standard InChI is InChI=1S/C20H20Cl2N4OS/c1-12-5-4-6-14(9-12)19(27)23-13(2)18-24-25-20(26(18)3)28-11-15-7-8-16(21)10-17(15)22/h4-10,13H,11H2,1-3H3,(H,23,27)/t13-/m0/s1. The first-order chi connectivity index (χ1) is 13.3. The summed E-state index contributed by atoms with van der Waals surface area (Å²) in [6.07, 6.45) is 0. The Morgan fingerprint density at radius 2 is 2.00 bits per heavy atom. The van der Waals surface area contributed by atoms with E-state index in [1.165, 1.54) is 11.8 Å². The summed E-state index contributed by atoms with van der Waals surface area (Å²) < 4.78 is 1.88. The summed E-state index contributed by atoms with van der Waals surface area (Å²) in [6, 6.07) is 12.6. The Hall–Kier alpha value is -2.02. The Balaban J connectivity index is 1.67. The maximum absolute atomic E-state index is 12.5. The molecule has 5 nitrogen and oxygen atoms in total. The highest BCUT2D eigenvalue weighted by molar-refractivity contribution is 7.98. The summed E-state index contributed by atoms with van der Waals surface area (Å²) in [6.45, 7) is 3.85. The third-order valence-corrected chi connectivity index (χ3v) is 5.91. The van der Waals surface area contributed by atoms with Gasteiger partial charge >= 0.3 is 0 Å². The molecule has 0 radical (unpaired) electrons. The molecule has 3 aromatic rings. The van der Waals surface area contributed by atoms with Crippen LogP contribution in [-0.4, -0.2) is 20.7 Å². The maximum Gasteiger partial charge on any atom is 0.251 e. The Bertz CT molecular complexity index is 1010. The number of carbonyl (C=O) groups is 1. The lowest BCUT2D eigenvalue weighted by Crippen LogP contribution is -2.28. The van der Waals surface area contributed by atoms with Crippen LogP contribution < -0.4 is 5.32 Å². The predicted octanol–water partition coefficient (Wildman–Crippen LogP) is 5.21. The van der Waals surface area contributed by atoms with E-state index in [2.05, 4.69) is 15.5 Å². The van der Waals surface area contributed by atoms with Gasteiger partial charge in [-0.3, -0.25) is 4.79 Å². The molecule has 0 spiro atoms. The highest BCUT2D eigenvalue weighted by Crippen LogP contribution is 2.28. The van der Waals surface area contributed by atoms with E-state index in [0.29, 0.717) is 27.2 Å². The van der Waals surface area contributed by atoms with Crippen LogP contribution in [0.1, 0.15) is 40.3 Å². The predicted molar refractivity (Wildman–Crippen MR) is 114 cm³/mol. The molecule has 1 N–H and O–H groups in total. The Labute approximate surface area is 178 Å². The van der Waals surface area contributed by atoms with Crippen LogP contribution in [0.4, 0.5) is 0 Å². The van der Waals surface area contributed by atoms with Crippen LogP contribution in [0.2, 0.25) is 10.0 Å². The van der Waals surface area contributed by atoms with Gasteiger partial charge in [-0.1, -0.05) is 58.7 Å². The second-order valence-corrected chi connectivity index (χ2v) is 8.27. The second-order valence-electron chi connectivity index (χ2n) is 6.49. The third kappa shape index (κ3) is 4.87. The van der Waals surface area contributed by atoms with E-state index in [-0.39, 0.29) is 11.9 Å². The average molecular weight is 435 g/mol. The van der Waals surface area contributed by atoms with Gasteiger partial charge in [0.15, 0.2) is 11.0 Å². The lowest BCUT2D eigenvalue weighted by Gasteiger charge is -2.14. The number of rotatable bonds is 6. The van der Waals surface area contributed by atoms with Crippen molar-refractivity contribution < 1.29 is 4.79 Å². The molecule has 0 saturated carbocycles. The number of aromatic nitrogens is 3. The molecule has 1 amide bonds. The summed E-state index contributed by atoms with van der Waals surface area (Å²) in [4.78, 5) is 12.5. The molecule has 0 aliphatic rings. The monoisotopic (exact) mass is 434 g/mol. The Morgan fingerprint density at radius 3 is 2.71 bits per heavy atom. The van der Waals surface area contributed by atoms with Gasteiger partial charge in [0.2, 0.25) is 0 Å². The largest absolute Gasteiger partial charge is 0.342 e. The van der Waals surface area contributed by atoms with Crippen molar-refractivity contribution in [2.75, 3.05) is 0 Å². The zero-order chi connectivity index (χ0) is 20.3. The summed E-state index contributed by atoms with van der Waals surface area (Å²) in [5.41, 5.74) is 2.64. The number of nitrogens with zero attached hydrogens (tertiary/aromatic N) is 3. The van der Waals surface area contributed by atoms with Gasteiger partial charge in [0, 0.05) is 28.4 Å². The smallest absolute Gasteiger partial charge is 0.251 e. The fourth-order valence-corrected chi connectivity index (χ4v) is 4.22. The first kappa shape index (κ1) is 20.7. The lowest BCUT2D eigenvalue weighted by molar-refractivity contribution is 0.0937. The molecule has 0 aliphatic carbocycles. The molecule has 1 heterocycles. The lowest BCUT2D eigenvalue weighted by atomic mass is 10.1. The highest BCUT2D eigenvalue weighted by atomic mass is 35.5. The first-order valence-corrected chi connectivity index (χ1v) is 10.4. The molecule has 146 valence electrons. The number of benzene rings is 2. The molecule has 1 atom stereocenters. The van der Waals surface area contributed by atoms with E-state index in [9.17, 15) is 4.79 Å². The van der Waals surface area contributed by atoms with Gasteiger partial charge in [-0.15, -0.1) is 10.2 Å². The van der Waals surface area contributed by atoms with E-state index in [1.54, 1.807) is 12.1 Å². The summed E-state index contributed by atoms with van der Waals surface area (Å²) in [5, 5.41) is 13.5. The van der Waals surface area contributed by atoms with E-state index in [4.69, 9.17) is 23.2 Å². The van der Waals surface area contributed by atoms with E-state index in [0.717, 1.165) is 16.3 Å². The molecule has 0 fully saturated rings. The molecule has 8 heteroatoms. The zero-order valence-corrected chi connectivity index (χ0v) is 18.1. The van der Waals surface area contributed by atoms with Gasteiger partial charge in [-0.2, -0.15) is 0 Å². The third-order valence-electron chi connectivity index (χ3n) is 4.26. The van der Waals surface area contributed by atoms with Gasteiger partial charge < -0.3 is 9.88 Å². The van der Waals surface area contributed by atoms with Crippen molar-refractivity contribution in [1.29, 1.82) is 0 Å². The van der Waals surface area contributed by atoms with Crippen molar-refractivity contribution >= 4 is 40.9 Å². The molecule has 0 saturated heterocycles. The topological polar surface area (TPSA) is 59.8 Å². The SMILES string of the molecule is Cc1cccc(C(=O)N[C@@H](C)c2nnc(SCc3ccc(Cl)cc3Cl)n2C)c1. The molecular weight excluding hydrogens is 415 g/mol. The molecule has 0 unspecified atom stereocenters. The van der Waals surface area contributed by atoms with Crippen LogP contribution in [-0.2, 0) is 12.8 Å². The van der Waals surface area contributed by atoms with Crippen LogP contribution in [0, 0.1) is 6.92 Å². The summed E-state index contributed by atoms with van der Waals surface area (Å²) in [5.74, 6) is 1.19. The van der Waals surface area contributed by atoms with E-state index in [1.807, 2.05) is 55.8 Å². The molecule has 0 bridgehead atoms. The van der Waals surface area contributed by atoms with Crippen LogP contribution in [0.5, 0.6) is 0 Å². The Morgan fingerprint density at radius 1 is 1.21 bits per heavy atom. The van der Waals surface area contributed by atoms with Crippen LogP contribution in [0.15, 0.2) is 47.6 Å². The minimum atomic E-state index is -0.279. The minimum absolute atomic E-state index is 0.138. The van der Waals surface area contributed by atoms with Crippen LogP contribution >= 0.6 is 35.0 Å². The van der Waals surface area contributed by atoms with Gasteiger partial charge in [0.25, 0.3) is 5.91 Å². The number of carbonyl (C=O) groups excluding carboxylic acids is 1. The minimum Gasteiger partial charge on any atom is -0.342 e. The van der Waals surface area contributed by atoms with Gasteiger partial charge in [0.1, 0.15) is 0 Å². The first-order valence-electron chi connectivity index (χ1n) is 8.68. The molecule has 28 heavy (non-hydrogen) atoms. The van der Waals surface area contributed by atoms with Crippen molar-refractivity contribution in [2.24, 2.45) is 7.05 Å². The number of amides is 1. The van der Waals surface area contributed by atoms with Gasteiger partial charge in [-0.05, 0) is 43.7 Å². The highest BCUT2D eigenvalue weighted by Gasteiger charge is 2.18. The van der Waals surface area contributed by atoms with E-state index < -0.39 is 0 Å². The number of nitrogens with one attached hydrogen (secondary N) is 1. The molecule has 2 aromatic carbocycles. The Kier molecular flexibility index (Phi) is 6.65. The average Bonchev–Trinajstić information content (AvgIpc) is 3.01. The normalized spacial score (nSPS) is 12.0.